The summed E-state index contributed by atoms with van der Waals surface area (Å²) in [4.78, 5) is 15.1. The van der Waals surface area contributed by atoms with Crippen LogP contribution in [-0.2, 0) is 0 Å². The summed E-state index contributed by atoms with van der Waals surface area (Å²) < 4.78 is 1.90. The molecule has 0 spiro atoms. The zero-order valence-corrected chi connectivity index (χ0v) is 10.5. The molecule has 0 saturated heterocycles. The molecule has 6 heteroatoms. The predicted octanol–water partition coefficient (Wildman–Crippen LogP) is 2.28. The van der Waals surface area contributed by atoms with Gasteiger partial charge < -0.3 is 4.57 Å². The summed E-state index contributed by atoms with van der Waals surface area (Å²) in [6, 6.07) is 9.25. The Balaban J connectivity index is 1.98. The Labute approximate surface area is 113 Å². The minimum atomic E-state index is -0.388. The van der Waals surface area contributed by atoms with E-state index >= 15 is 0 Å². The van der Waals surface area contributed by atoms with E-state index in [1.165, 1.54) is 0 Å². The van der Waals surface area contributed by atoms with Crippen LogP contribution >= 0.6 is 11.6 Å². The van der Waals surface area contributed by atoms with E-state index in [1.807, 2.05) is 35.0 Å². The van der Waals surface area contributed by atoms with Gasteiger partial charge in [0.05, 0.1) is 12.0 Å². The monoisotopic (exact) mass is 272 g/mol. The first-order valence-corrected chi connectivity index (χ1v) is 5.96. The average molecular weight is 273 g/mol. The summed E-state index contributed by atoms with van der Waals surface area (Å²) in [7, 11) is 0. The summed E-state index contributed by atoms with van der Waals surface area (Å²) in [6.45, 7) is 0. The molecule has 2 aromatic heterocycles. The number of nitrogens with one attached hydrogen (secondary N) is 1. The van der Waals surface area contributed by atoms with Gasteiger partial charge in [-0.1, -0.05) is 23.7 Å². The number of aromatic amines is 1. The van der Waals surface area contributed by atoms with Crippen molar-refractivity contribution in [3.8, 4) is 16.9 Å². The highest BCUT2D eigenvalue weighted by Crippen LogP contribution is 2.19. The van der Waals surface area contributed by atoms with Crippen LogP contribution in [0.2, 0.25) is 5.02 Å². The molecule has 0 unspecified atom stereocenters. The number of hydrogen-bond donors (Lipinski definition) is 1. The topological polar surface area (TPSA) is 63.6 Å². The second-order valence-electron chi connectivity index (χ2n) is 3.95. The molecule has 0 fully saturated rings. The van der Waals surface area contributed by atoms with Gasteiger partial charge in [-0.2, -0.15) is 5.10 Å². The van der Waals surface area contributed by atoms with Gasteiger partial charge in [-0.15, -0.1) is 0 Å². The first-order valence-electron chi connectivity index (χ1n) is 5.58. The number of aromatic nitrogens is 4. The van der Waals surface area contributed by atoms with Crippen molar-refractivity contribution < 1.29 is 0 Å². The maximum absolute atomic E-state index is 11.2. The fourth-order valence-corrected chi connectivity index (χ4v) is 1.89. The van der Waals surface area contributed by atoms with E-state index in [2.05, 4.69) is 15.2 Å². The van der Waals surface area contributed by atoms with Crippen LogP contribution in [0.25, 0.3) is 16.9 Å². The largest absolute Gasteiger partial charge is 0.306 e. The van der Waals surface area contributed by atoms with Crippen LogP contribution in [0, 0.1) is 0 Å². The fourth-order valence-electron chi connectivity index (χ4n) is 1.75. The minimum absolute atomic E-state index is 0.128. The number of imidazole rings is 1. The van der Waals surface area contributed by atoms with Gasteiger partial charge in [0.1, 0.15) is 5.02 Å². The van der Waals surface area contributed by atoms with Gasteiger partial charge >= 0.3 is 0 Å². The highest BCUT2D eigenvalue weighted by atomic mass is 35.5. The minimum Gasteiger partial charge on any atom is -0.306 e. The SMILES string of the molecule is O=c1[nH]nc(-c2ccc(-n3ccnc3)cc2)cc1Cl. The summed E-state index contributed by atoms with van der Waals surface area (Å²) in [5.74, 6) is 0. The number of H-pyrrole nitrogens is 1. The van der Waals surface area contributed by atoms with Crippen molar-refractivity contribution in [2.75, 3.05) is 0 Å². The molecular formula is C13H9ClN4O. The van der Waals surface area contributed by atoms with E-state index in [4.69, 9.17) is 11.6 Å². The Kier molecular flexibility index (Phi) is 2.89. The molecule has 0 aliphatic carbocycles. The predicted molar refractivity (Wildman–Crippen MR) is 72.4 cm³/mol. The zero-order valence-electron chi connectivity index (χ0n) is 9.75. The molecule has 5 nitrogen and oxygen atoms in total. The van der Waals surface area contributed by atoms with Gasteiger partial charge in [-0.25, -0.2) is 10.1 Å². The summed E-state index contributed by atoms with van der Waals surface area (Å²) >= 11 is 5.78. The Morgan fingerprint density at radius 3 is 2.63 bits per heavy atom. The highest BCUT2D eigenvalue weighted by molar-refractivity contribution is 6.30. The van der Waals surface area contributed by atoms with Gasteiger partial charge in [-0.3, -0.25) is 4.79 Å². The number of nitrogens with zero attached hydrogens (tertiary/aromatic N) is 3. The molecule has 2 heterocycles. The van der Waals surface area contributed by atoms with Crippen LogP contribution in [-0.4, -0.2) is 19.7 Å². The Hall–Kier alpha value is -2.40. The van der Waals surface area contributed by atoms with Gasteiger partial charge in [-0.05, 0) is 18.2 Å². The molecule has 19 heavy (non-hydrogen) atoms. The molecule has 1 aromatic carbocycles. The molecule has 0 bridgehead atoms. The van der Waals surface area contributed by atoms with Crippen LogP contribution in [0.3, 0.4) is 0 Å². The van der Waals surface area contributed by atoms with E-state index in [-0.39, 0.29) is 10.6 Å². The van der Waals surface area contributed by atoms with Crippen LogP contribution in [0.1, 0.15) is 0 Å². The van der Waals surface area contributed by atoms with Crippen LogP contribution in [0.15, 0.2) is 53.8 Å². The van der Waals surface area contributed by atoms with Crippen molar-refractivity contribution >= 4 is 11.6 Å². The smallest absolute Gasteiger partial charge is 0.282 e. The molecule has 0 amide bonds. The zero-order chi connectivity index (χ0) is 13.2. The molecule has 3 rings (SSSR count). The number of benzene rings is 1. The maximum Gasteiger partial charge on any atom is 0.282 e. The van der Waals surface area contributed by atoms with Crippen molar-refractivity contribution in [2.45, 2.75) is 0 Å². The average Bonchev–Trinajstić information content (AvgIpc) is 2.96. The number of halogens is 1. The molecular weight excluding hydrogens is 264 g/mol. The molecule has 1 N–H and O–H groups in total. The lowest BCUT2D eigenvalue weighted by atomic mass is 10.1. The lowest BCUT2D eigenvalue weighted by Gasteiger charge is -2.04. The highest BCUT2D eigenvalue weighted by Gasteiger charge is 2.04. The van der Waals surface area contributed by atoms with Crippen LogP contribution in [0.4, 0.5) is 0 Å². The third kappa shape index (κ3) is 2.28. The van der Waals surface area contributed by atoms with Crippen molar-refractivity contribution in [2.24, 2.45) is 0 Å². The Morgan fingerprint density at radius 2 is 2.00 bits per heavy atom. The lowest BCUT2D eigenvalue weighted by Crippen LogP contribution is -2.08. The van der Waals surface area contributed by atoms with Crippen LogP contribution < -0.4 is 5.56 Å². The number of rotatable bonds is 2. The van der Waals surface area contributed by atoms with Gasteiger partial charge in [0.25, 0.3) is 5.56 Å². The molecule has 94 valence electrons. The van der Waals surface area contributed by atoms with Crippen molar-refractivity contribution in [1.29, 1.82) is 0 Å². The second-order valence-corrected chi connectivity index (χ2v) is 4.35. The summed E-state index contributed by atoms with van der Waals surface area (Å²) in [6.07, 6.45) is 5.31. The van der Waals surface area contributed by atoms with Gasteiger partial charge in [0.2, 0.25) is 0 Å². The molecule has 0 aliphatic heterocycles. The van der Waals surface area contributed by atoms with Crippen molar-refractivity contribution in [3.05, 3.63) is 64.4 Å². The van der Waals surface area contributed by atoms with E-state index in [1.54, 1.807) is 18.6 Å². The standard InChI is InChI=1S/C13H9ClN4O/c14-11-7-12(16-17-13(11)19)9-1-3-10(4-2-9)18-6-5-15-8-18/h1-8H,(H,17,19). The van der Waals surface area contributed by atoms with Crippen LogP contribution in [0.5, 0.6) is 0 Å². The first-order chi connectivity index (χ1) is 9.24. The molecule has 0 radical (unpaired) electrons. The lowest BCUT2D eigenvalue weighted by molar-refractivity contribution is 0.995. The second kappa shape index (κ2) is 4.70. The Morgan fingerprint density at radius 1 is 1.21 bits per heavy atom. The third-order valence-electron chi connectivity index (χ3n) is 2.72. The normalized spacial score (nSPS) is 10.6. The summed E-state index contributed by atoms with van der Waals surface area (Å²) in [5.41, 5.74) is 2.11. The van der Waals surface area contributed by atoms with Crippen molar-refractivity contribution in [1.82, 2.24) is 19.7 Å². The molecule has 0 saturated carbocycles. The molecule has 0 aliphatic rings. The molecule has 0 atom stereocenters. The Bertz CT molecular complexity index is 747. The first kappa shape index (κ1) is 11.7. The van der Waals surface area contributed by atoms with Crippen molar-refractivity contribution in [3.63, 3.8) is 0 Å². The van der Waals surface area contributed by atoms with E-state index in [0.717, 1.165) is 11.3 Å². The quantitative estimate of drug-likeness (QED) is 0.778. The number of hydrogen-bond acceptors (Lipinski definition) is 3. The third-order valence-corrected chi connectivity index (χ3v) is 3.00. The summed E-state index contributed by atoms with van der Waals surface area (Å²) in [5, 5.41) is 6.45. The fraction of sp³-hybridized carbons (Fsp3) is 0. The van der Waals surface area contributed by atoms with E-state index < -0.39 is 0 Å². The van der Waals surface area contributed by atoms with E-state index in [0.29, 0.717) is 5.69 Å². The molecule has 3 aromatic rings. The van der Waals surface area contributed by atoms with Gasteiger partial charge in [0, 0.05) is 23.6 Å². The maximum atomic E-state index is 11.2. The van der Waals surface area contributed by atoms with Gasteiger partial charge in [0.15, 0.2) is 0 Å². The van der Waals surface area contributed by atoms with E-state index in [9.17, 15) is 4.79 Å².